The van der Waals surface area contributed by atoms with Gasteiger partial charge in [-0.05, 0) is 63.9 Å². The van der Waals surface area contributed by atoms with E-state index in [1.807, 2.05) is 52.8 Å². The molecule has 0 aliphatic rings. The van der Waals surface area contributed by atoms with Gasteiger partial charge in [0, 0.05) is 18.4 Å². The third-order valence-electron chi connectivity index (χ3n) is 4.93. The second-order valence-electron chi connectivity index (χ2n) is 7.82. The van der Waals surface area contributed by atoms with Gasteiger partial charge in [0.25, 0.3) is 5.91 Å². The van der Waals surface area contributed by atoms with E-state index in [1.54, 1.807) is 23.9 Å². The van der Waals surface area contributed by atoms with Crippen LogP contribution in [0.2, 0.25) is 5.02 Å². The number of hydrogen-bond acceptors (Lipinski definition) is 4. The average Bonchev–Trinajstić information content (AvgIpc) is 3.02. The normalized spacial score (nSPS) is 10.8. The highest BCUT2D eigenvalue weighted by Crippen LogP contribution is 2.22. The number of rotatable bonds is 5. The van der Waals surface area contributed by atoms with Crippen molar-refractivity contribution >= 4 is 29.1 Å². The van der Waals surface area contributed by atoms with Crippen LogP contribution >= 0.6 is 11.6 Å². The van der Waals surface area contributed by atoms with Crippen LogP contribution in [0.15, 0.2) is 30.3 Å². The second kappa shape index (κ2) is 8.89. The Morgan fingerprint density at radius 2 is 1.71 bits per heavy atom. The summed E-state index contributed by atoms with van der Waals surface area (Å²) in [7, 11) is 1.55. The number of hydrogen-bond donors (Lipinski definition) is 1. The molecular formula is C23H26ClN5O2. The van der Waals surface area contributed by atoms with Gasteiger partial charge in [-0.3, -0.25) is 9.59 Å². The van der Waals surface area contributed by atoms with Gasteiger partial charge < -0.3 is 10.2 Å². The van der Waals surface area contributed by atoms with Crippen molar-refractivity contribution < 1.29 is 9.59 Å². The minimum atomic E-state index is -0.444. The molecule has 0 unspecified atom stereocenters. The Kier molecular flexibility index (Phi) is 6.45. The highest BCUT2D eigenvalue weighted by Gasteiger charge is 2.21. The van der Waals surface area contributed by atoms with Crippen molar-refractivity contribution in [2.75, 3.05) is 18.9 Å². The summed E-state index contributed by atoms with van der Waals surface area (Å²) in [5.41, 5.74) is 5.65. The maximum atomic E-state index is 13.0. The van der Waals surface area contributed by atoms with Crippen LogP contribution in [-0.4, -0.2) is 45.1 Å². The molecule has 0 spiro atoms. The van der Waals surface area contributed by atoms with E-state index >= 15 is 0 Å². The summed E-state index contributed by atoms with van der Waals surface area (Å²) in [4.78, 5) is 31.3. The van der Waals surface area contributed by atoms with E-state index in [0.717, 1.165) is 33.8 Å². The second-order valence-corrected chi connectivity index (χ2v) is 8.23. The van der Waals surface area contributed by atoms with E-state index < -0.39 is 5.91 Å². The van der Waals surface area contributed by atoms with Gasteiger partial charge in [0.15, 0.2) is 5.82 Å². The van der Waals surface area contributed by atoms with E-state index in [2.05, 4.69) is 15.4 Å². The minimum Gasteiger partial charge on any atom is -0.331 e. The maximum absolute atomic E-state index is 13.0. The van der Waals surface area contributed by atoms with Crippen molar-refractivity contribution in [3.05, 3.63) is 69.1 Å². The van der Waals surface area contributed by atoms with Gasteiger partial charge in [-0.15, -0.1) is 0 Å². The number of nitrogens with zero attached hydrogens (tertiary/aromatic N) is 4. The molecule has 31 heavy (non-hydrogen) atoms. The monoisotopic (exact) mass is 439 g/mol. The fraction of sp³-hybridized carbons (Fsp3) is 0.304. The lowest BCUT2D eigenvalue weighted by Gasteiger charge is -2.19. The van der Waals surface area contributed by atoms with Crippen LogP contribution in [0.4, 0.5) is 5.69 Å². The molecule has 1 N–H and O–H groups in total. The lowest BCUT2D eigenvalue weighted by atomic mass is 10.1. The van der Waals surface area contributed by atoms with Crippen LogP contribution in [0.5, 0.6) is 0 Å². The number of carbonyl (C=O) groups is 2. The standard InChI is InChI=1S/C23H26ClN5O2/c1-13-9-14(2)21(15(3)10-13)26-20(30)12-28(6)23(31)22-18(24)7-8-19(25-22)29-17(5)11-16(4)27-29/h7-11H,12H2,1-6H3,(H,26,30). The van der Waals surface area contributed by atoms with E-state index in [9.17, 15) is 9.59 Å². The number of amides is 2. The molecule has 3 aromatic rings. The summed E-state index contributed by atoms with van der Waals surface area (Å²) in [6, 6.07) is 9.25. The molecule has 0 saturated carbocycles. The van der Waals surface area contributed by atoms with E-state index in [1.165, 1.54) is 4.90 Å². The number of benzene rings is 1. The molecule has 0 aliphatic heterocycles. The summed E-state index contributed by atoms with van der Waals surface area (Å²) < 4.78 is 1.65. The number of likely N-dealkylation sites (N-methyl/N-ethyl adjacent to an activating group) is 1. The van der Waals surface area contributed by atoms with Gasteiger partial charge in [0.1, 0.15) is 5.69 Å². The predicted molar refractivity (Wildman–Crippen MR) is 122 cm³/mol. The molecule has 8 heteroatoms. The van der Waals surface area contributed by atoms with E-state index in [0.29, 0.717) is 5.82 Å². The number of aryl methyl sites for hydroxylation is 5. The molecule has 0 fully saturated rings. The summed E-state index contributed by atoms with van der Waals surface area (Å²) in [6.07, 6.45) is 0. The van der Waals surface area contributed by atoms with Crippen molar-refractivity contribution in [1.82, 2.24) is 19.7 Å². The third-order valence-corrected chi connectivity index (χ3v) is 5.23. The van der Waals surface area contributed by atoms with Crippen LogP contribution in [0.1, 0.15) is 38.6 Å². The Morgan fingerprint density at radius 1 is 1.06 bits per heavy atom. The molecule has 1 aromatic carbocycles. The van der Waals surface area contributed by atoms with E-state index in [-0.39, 0.29) is 23.2 Å². The first-order valence-corrected chi connectivity index (χ1v) is 10.3. The van der Waals surface area contributed by atoms with E-state index in [4.69, 9.17) is 11.6 Å². The fourth-order valence-corrected chi connectivity index (χ4v) is 3.77. The van der Waals surface area contributed by atoms with Crippen LogP contribution in [0.25, 0.3) is 5.82 Å². The molecule has 162 valence electrons. The summed E-state index contributed by atoms with van der Waals surface area (Å²) in [6.45, 7) is 9.55. The molecule has 3 rings (SSSR count). The number of carbonyl (C=O) groups excluding carboxylic acids is 2. The van der Waals surface area contributed by atoms with Crippen LogP contribution in [0, 0.1) is 34.6 Å². The van der Waals surface area contributed by atoms with Crippen molar-refractivity contribution in [2.45, 2.75) is 34.6 Å². The molecule has 0 aliphatic carbocycles. The molecule has 7 nitrogen and oxygen atoms in total. The highest BCUT2D eigenvalue weighted by atomic mass is 35.5. The Bertz CT molecular complexity index is 1150. The highest BCUT2D eigenvalue weighted by molar-refractivity contribution is 6.33. The Balaban J connectivity index is 1.78. The maximum Gasteiger partial charge on any atom is 0.274 e. The predicted octanol–water partition coefficient (Wildman–Crippen LogP) is 4.17. The van der Waals surface area contributed by atoms with Crippen LogP contribution in [0.3, 0.4) is 0 Å². The van der Waals surface area contributed by atoms with Crippen molar-refractivity contribution in [1.29, 1.82) is 0 Å². The Morgan fingerprint density at radius 3 is 2.29 bits per heavy atom. The Hall–Kier alpha value is -3.19. The number of pyridine rings is 1. The van der Waals surface area contributed by atoms with Gasteiger partial charge in [-0.2, -0.15) is 5.10 Å². The zero-order valence-electron chi connectivity index (χ0n) is 18.6. The first kappa shape index (κ1) is 22.5. The number of aromatic nitrogens is 3. The van der Waals surface area contributed by atoms with Gasteiger partial charge in [-0.1, -0.05) is 29.3 Å². The van der Waals surface area contributed by atoms with Gasteiger partial charge >= 0.3 is 0 Å². The van der Waals surface area contributed by atoms with Gasteiger partial charge in [0.2, 0.25) is 5.91 Å². The topological polar surface area (TPSA) is 80.1 Å². The summed E-state index contributed by atoms with van der Waals surface area (Å²) >= 11 is 6.25. The average molecular weight is 440 g/mol. The summed E-state index contributed by atoms with van der Waals surface area (Å²) in [5, 5.41) is 7.52. The van der Waals surface area contributed by atoms with Crippen molar-refractivity contribution in [3.8, 4) is 5.82 Å². The number of anilines is 1. The molecule has 0 saturated heterocycles. The Labute approximate surface area is 187 Å². The lowest BCUT2D eigenvalue weighted by molar-refractivity contribution is -0.116. The first-order valence-electron chi connectivity index (χ1n) is 9.90. The zero-order chi connectivity index (χ0) is 22.9. The molecule has 2 amide bonds. The van der Waals surface area contributed by atoms with Crippen LogP contribution < -0.4 is 5.32 Å². The SMILES string of the molecule is Cc1cc(C)c(NC(=O)CN(C)C(=O)c2nc(-n3nc(C)cc3C)ccc2Cl)c(C)c1. The van der Waals surface area contributed by atoms with Crippen LogP contribution in [-0.2, 0) is 4.79 Å². The van der Waals surface area contributed by atoms with Crippen molar-refractivity contribution in [2.24, 2.45) is 0 Å². The number of nitrogens with one attached hydrogen (secondary N) is 1. The van der Waals surface area contributed by atoms with Crippen molar-refractivity contribution in [3.63, 3.8) is 0 Å². The molecule has 0 radical (unpaired) electrons. The quantitative estimate of drug-likeness (QED) is 0.646. The van der Waals surface area contributed by atoms with Gasteiger partial charge in [0.05, 0.1) is 17.3 Å². The molecule has 2 heterocycles. The molecule has 0 bridgehead atoms. The fourth-order valence-electron chi connectivity index (χ4n) is 3.58. The third kappa shape index (κ3) is 4.94. The molecular weight excluding hydrogens is 414 g/mol. The van der Waals surface area contributed by atoms with Gasteiger partial charge in [-0.25, -0.2) is 9.67 Å². The first-order chi connectivity index (χ1) is 14.6. The lowest BCUT2D eigenvalue weighted by Crippen LogP contribution is -2.35. The smallest absolute Gasteiger partial charge is 0.274 e. The molecule has 0 atom stereocenters. The summed E-state index contributed by atoms with van der Waals surface area (Å²) in [5.74, 6) is -0.250. The largest absolute Gasteiger partial charge is 0.331 e. The molecule has 2 aromatic heterocycles. The zero-order valence-corrected chi connectivity index (χ0v) is 19.3. The number of halogens is 1. The minimum absolute atomic E-state index is 0.0738.